The summed E-state index contributed by atoms with van der Waals surface area (Å²) in [6, 6.07) is 0.848. The monoisotopic (exact) mass is 234 g/mol. The van der Waals surface area contributed by atoms with Gasteiger partial charge in [0.1, 0.15) is 5.69 Å². The Balaban J connectivity index is 3.05. The third-order valence-electron chi connectivity index (χ3n) is 1.73. The molecule has 1 aromatic heterocycles. The van der Waals surface area contributed by atoms with Crippen molar-refractivity contribution in [3.8, 4) is 0 Å². The van der Waals surface area contributed by atoms with Crippen molar-refractivity contribution in [2.75, 3.05) is 12.3 Å². The smallest absolute Gasteiger partial charge is 0.419 e. The molecular weight excluding hydrogens is 225 g/mol. The highest BCUT2D eigenvalue weighted by Gasteiger charge is 2.33. The topological polar surface area (TPSA) is 65.2 Å². The van der Waals surface area contributed by atoms with Crippen molar-refractivity contribution in [1.29, 1.82) is 0 Å². The minimum Gasteiger partial charge on any atom is -0.461 e. The Bertz CT molecular complexity index is 404. The highest BCUT2D eigenvalue weighted by molar-refractivity contribution is 5.88. The Labute approximate surface area is 89.2 Å². The van der Waals surface area contributed by atoms with Gasteiger partial charge >= 0.3 is 12.1 Å². The molecule has 0 aliphatic rings. The molecule has 0 bridgehead atoms. The number of pyridine rings is 1. The van der Waals surface area contributed by atoms with Crippen molar-refractivity contribution in [3.05, 3.63) is 23.5 Å². The summed E-state index contributed by atoms with van der Waals surface area (Å²) in [4.78, 5) is 14.5. The van der Waals surface area contributed by atoms with Gasteiger partial charge in [-0.05, 0) is 13.0 Å². The number of hydrogen-bond donors (Lipinski definition) is 1. The Hall–Kier alpha value is -1.79. The van der Waals surface area contributed by atoms with Gasteiger partial charge in [0.05, 0.1) is 12.2 Å². The molecule has 0 spiro atoms. The number of carbonyl (C=O) groups excluding carboxylic acids is 1. The van der Waals surface area contributed by atoms with E-state index in [1.54, 1.807) is 6.92 Å². The second kappa shape index (κ2) is 4.38. The van der Waals surface area contributed by atoms with E-state index in [1.807, 2.05) is 0 Å². The molecule has 2 N–H and O–H groups in total. The van der Waals surface area contributed by atoms with Crippen molar-refractivity contribution in [2.24, 2.45) is 0 Å². The first-order chi connectivity index (χ1) is 7.36. The van der Waals surface area contributed by atoms with Crippen LogP contribution in [-0.2, 0) is 10.9 Å². The number of nitrogens with two attached hydrogens (primary N) is 1. The molecule has 0 amide bonds. The number of alkyl halides is 3. The van der Waals surface area contributed by atoms with Gasteiger partial charge in [-0.3, -0.25) is 0 Å². The van der Waals surface area contributed by atoms with Gasteiger partial charge in [0.25, 0.3) is 0 Å². The summed E-state index contributed by atoms with van der Waals surface area (Å²) < 4.78 is 41.5. The fraction of sp³-hybridized carbons (Fsp3) is 0.333. The number of rotatable bonds is 2. The van der Waals surface area contributed by atoms with Gasteiger partial charge in [-0.1, -0.05) is 0 Å². The summed E-state index contributed by atoms with van der Waals surface area (Å²) in [5.41, 5.74) is 3.31. The predicted molar refractivity (Wildman–Crippen MR) is 49.6 cm³/mol. The van der Waals surface area contributed by atoms with Crippen molar-refractivity contribution in [3.63, 3.8) is 0 Å². The van der Waals surface area contributed by atoms with Gasteiger partial charge < -0.3 is 10.5 Å². The number of aromatic nitrogens is 1. The van der Waals surface area contributed by atoms with Crippen LogP contribution in [-0.4, -0.2) is 17.6 Å². The number of nitrogens with zero attached hydrogens (tertiary/aromatic N) is 1. The standard InChI is InChI=1S/C9H9F3N2O2/c1-2-16-8(15)7-3-6(13)5(4-14-7)9(10,11)12/h3-4H,2H2,1H3,(H2,13,14). The van der Waals surface area contributed by atoms with Gasteiger partial charge in [-0.2, -0.15) is 13.2 Å². The third-order valence-corrected chi connectivity index (χ3v) is 1.73. The first-order valence-corrected chi connectivity index (χ1v) is 4.36. The van der Waals surface area contributed by atoms with Crippen LogP contribution in [0.5, 0.6) is 0 Å². The molecule has 0 saturated carbocycles. The summed E-state index contributed by atoms with van der Waals surface area (Å²) in [7, 11) is 0. The largest absolute Gasteiger partial charge is 0.461 e. The Kier molecular flexibility index (Phi) is 3.36. The van der Waals surface area contributed by atoms with Crippen LogP contribution in [0.3, 0.4) is 0 Å². The molecule has 0 fully saturated rings. The van der Waals surface area contributed by atoms with Crippen LogP contribution >= 0.6 is 0 Å². The summed E-state index contributed by atoms with van der Waals surface area (Å²) in [6.45, 7) is 1.69. The lowest BCUT2D eigenvalue weighted by Gasteiger charge is -2.09. The van der Waals surface area contributed by atoms with E-state index >= 15 is 0 Å². The average molecular weight is 234 g/mol. The quantitative estimate of drug-likeness (QED) is 0.793. The summed E-state index contributed by atoms with van der Waals surface area (Å²) in [5, 5.41) is 0. The summed E-state index contributed by atoms with van der Waals surface area (Å²) in [6.07, 6.45) is -4.06. The SMILES string of the molecule is CCOC(=O)c1cc(N)c(C(F)(F)F)cn1. The fourth-order valence-electron chi connectivity index (χ4n) is 1.02. The Morgan fingerprint density at radius 2 is 2.19 bits per heavy atom. The van der Waals surface area contributed by atoms with Gasteiger partial charge in [0, 0.05) is 11.9 Å². The second-order valence-corrected chi connectivity index (χ2v) is 2.88. The van der Waals surface area contributed by atoms with Crippen molar-refractivity contribution in [1.82, 2.24) is 4.98 Å². The lowest BCUT2D eigenvalue weighted by atomic mass is 10.2. The van der Waals surface area contributed by atoms with E-state index in [4.69, 9.17) is 5.73 Å². The van der Waals surface area contributed by atoms with Crippen LogP contribution in [0, 0.1) is 0 Å². The molecule has 4 nitrogen and oxygen atoms in total. The van der Waals surface area contributed by atoms with E-state index in [9.17, 15) is 18.0 Å². The molecule has 1 aromatic rings. The molecule has 0 saturated heterocycles. The molecule has 0 aliphatic carbocycles. The molecule has 0 atom stereocenters. The molecule has 0 aromatic carbocycles. The number of anilines is 1. The highest BCUT2D eigenvalue weighted by atomic mass is 19.4. The third kappa shape index (κ3) is 2.62. The summed E-state index contributed by atoms with van der Waals surface area (Å²) >= 11 is 0. The van der Waals surface area contributed by atoms with Crippen LogP contribution in [0.2, 0.25) is 0 Å². The maximum absolute atomic E-state index is 12.3. The van der Waals surface area contributed by atoms with Crippen LogP contribution in [0.15, 0.2) is 12.3 Å². The van der Waals surface area contributed by atoms with Crippen molar-refractivity contribution < 1.29 is 22.7 Å². The van der Waals surface area contributed by atoms with Crippen LogP contribution in [0.25, 0.3) is 0 Å². The zero-order valence-corrected chi connectivity index (χ0v) is 8.34. The zero-order valence-electron chi connectivity index (χ0n) is 8.34. The first kappa shape index (κ1) is 12.3. The zero-order chi connectivity index (χ0) is 12.3. The average Bonchev–Trinajstić information content (AvgIpc) is 2.16. The lowest BCUT2D eigenvalue weighted by molar-refractivity contribution is -0.137. The van der Waals surface area contributed by atoms with Gasteiger partial charge in [-0.15, -0.1) is 0 Å². The molecular formula is C9H9F3N2O2. The molecule has 16 heavy (non-hydrogen) atoms. The minimum atomic E-state index is -4.58. The number of halogens is 3. The van der Waals surface area contributed by atoms with E-state index in [2.05, 4.69) is 9.72 Å². The normalized spacial score (nSPS) is 11.2. The van der Waals surface area contributed by atoms with Crippen LogP contribution < -0.4 is 5.73 Å². The predicted octanol–water partition coefficient (Wildman–Crippen LogP) is 1.86. The second-order valence-electron chi connectivity index (χ2n) is 2.88. The van der Waals surface area contributed by atoms with E-state index < -0.39 is 23.4 Å². The maximum atomic E-state index is 12.3. The first-order valence-electron chi connectivity index (χ1n) is 4.36. The molecule has 0 aliphatic heterocycles. The van der Waals surface area contributed by atoms with Crippen molar-refractivity contribution in [2.45, 2.75) is 13.1 Å². The Morgan fingerprint density at radius 3 is 2.62 bits per heavy atom. The highest BCUT2D eigenvalue weighted by Crippen LogP contribution is 2.32. The molecule has 1 heterocycles. The number of esters is 1. The maximum Gasteiger partial charge on any atom is 0.419 e. The molecule has 0 radical (unpaired) electrons. The lowest BCUT2D eigenvalue weighted by Crippen LogP contribution is -2.13. The molecule has 0 unspecified atom stereocenters. The van der Waals surface area contributed by atoms with E-state index in [1.165, 1.54) is 0 Å². The van der Waals surface area contributed by atoms with E-state index in [0.717, 1.165) is 6.07 Å². The van der Waals surface area contributed by atoms with E-state index in [-0.39, 0.29) is 12.3 Å². The molecule has 88 valence electrons. The number of carbonyl (C=O) groups is 1. The van der Waals surface area contributed by atoms with Gasteiger partial charge in [0.15, 0.2) is 0 Å². The van der Waals surface area contributed by atoms with Crippen LogP contribution in [0.4, 0.5) is 18.9 Å². The van der Waals surface area contributed by atoms with Crippen LogP contribution in [0.1, 0.15) is 23.0 Å². The number of hydrogen-bond acceptors (Lipinski definition) is 4. The Morgan fingerprint density at radius 1 is 1.56 bits per heavy atom. The van der Waals surface area contributed by atoms with Gasteiger partial charge in [-0.25, -0.2) is 9.78 Å². The number of nitrogen functional groups attached to an aromatic ring is 1. The van der Waals surface area contributed by atoms with E-state index in [0.29, 0.717) is 6.20 Å². The van der Waals surface area contributed by atoms with Crippen molar-refractivity contribution >= 4 is 11.7 Å². The minimum absolute atomic E-state index is 0.113. The van der Waals surface area contributed by atoms with Gasteiger partial charge in [0.2, 0.25) is 0 Å². The molecule has 1 rings (SSSR count). The molecule has 7 heteroatoms. The number of ether oxygens (including phenoxy) is 1. The summed E-state index contributed by atoms with van der Waals surface area (Å²) in [5.74, 6) is -0.803. The fourth-order valence-corrected chi connectivity index (χ4v) is 1.02.